The highest BCUT2D eigenvalue weighted by Crippen LogP contribution is 2.37. The fraction of sp³-hybridized carbons (Fsp3) is 0.375. The van der Waals surface area contributed by atoms with Crippen LogP contribution in [-0.4, -0.2) is 24.6 Å². The lowest BCUT2D eigenvalue weighted by Gasteiger charge is -2.25. The van der Waals surface area contributed by atoms with Crippen molar-refractivity contribution in [2.45, 2.75) is 13.3 Å². The van der Waals surface area contributed by atoms with Crippen LogP contribution >= 0.6 is 0 Å². The second-order valence-corrected chi connectivity index (χ2v) is 5.84. The third-order valence-electron chi connectivity index (χ3n) is 4.23. The van der Waals surface area contributed by atoms with E-state index in [-0.39, 0.29) is 5.41 Å². The van der Waals surface area contributed by atoms with Gasteiger partial charge in [-0.2, -0.15) is 5.26 Å². The van der Waals surface area contributed by atoms with Gasteiger partial charge >= 0.3 is 0 Å². The van der Waals surface area contributed by atoms with E-state index >= 15 is 0 Å². The zero-order chi connectivity index (χ0) is 14.2. The second kappa shape index (κ2) is 4.77. The molecule has 20 heavy (non-hydrogen) atoms. The van der Waals surface area contributed by atoms with Crippen LogP contribution in [-0.2, 0) is 0 Å². The van der Waals surface area contributed by atoms with E-state index in [9.17, 15) is 5.26 Å². The fourth-order valence-corrected chi connectivity index (χ4v) is 2.93. The van der Waals surface area contributed by atoms with E-state index in [1.165, 1.54) is 0 Å². The molecule has 0 amide bonds. The Kier molecular flexibility index (Phi) is 3.07. The maximum absolute atomic E-state index is 9.38. The number of rotatable bonds is 2. The van der Waals surface area contributed by atoms with Crippen molar-refractivity contribution in [2.75, 3.05) is 24.5 Å². The monoisotopic (exact) mass is 266 g/mol. The molecule has 1 unspecified atom stereocenters. The molecule has 0 saturated carbocycles. The molecule has 3 rings (SSSR count). The van der Waals surface area contributed by atoms with Gasteiger partial charge in [0.15, 0.2) is 0 Å². The minimum Gasteiger partial charge on any atom is -0.369 e. The molecular formula is C16H18N4. The smallest absolute Gasteiger partial charge is 0.103 e. The van der Waals surface area contributed by atoms with Gasteiger partial charge in [-0.1, -0.05) is 25.1 Å². The van der Waals surface area contributed by atoms with Crippen molar-refractivity contribution in [1.82, 2.24) is 4.98 Å². The summed E-state index contributed by atoms with van der Waals surface area (Å²) in [6.45, 7) is 4.72. The lowest BCUT2D eigenvalue weighted by molar-refractivity contribution is 0.383. The molecule has 0 radical (unpaired) electrons. The van der Waals surface area contributed by atoms with Crippen LogP contribution in [0, 0.1) is 16.7 Å². The highest BCUT2D eigenvalue weighted by atomic mass is 15.2. The van der Waals surface area contributed by atoms with Crippen LogP contribution in [0.2, 0.25) is 0 Å². The van der Waals surface area contributed by atoms with Crippen LogP contribution in [0.1, 0.15) is 18.9 Å². The number of hydrogen-bond donors (Lipinski definition) is 1. The summed E-state index contributed by atoms with van der Waals surface area (Å²) in [5.41, 5.74) is 8.61. The summed E-state index contributed by atoms with van der Waals surface area (Å²) in [5, 5.41) is 10.4. The molecule has 1 fully saturated rings. The number of anilines is 1. The Hall–Kier alpha value is -2.12. The van der Waals surface area contributed by atoms with Crippen molar-refractivity contribution in [3.05, 3.63) is 36.0 Å². The fourth-order valence-electron chi connectivity index (χ4n) is 2.93. The third-order valence-corrected chi connectivity index (χ3v) is 4.23. The molecule has 2 heterocycles. The Morgan fingerprint density at radius 3 is 2.95 bits per heavy atom. The van der Waals surface area contributed by atoms with Gasteiger partial charge < -0.3 is 10.6 Å². The van der Waals surface area contributed by atoms with Crippen LogP contribution in [0.4, 0.5) is 5.69 Å². The van der Waals surface area contributed by atoms with Crippen LogP contribution in [0.5, 0.6) is 0 Å². The van der Waals surface area contributed by atoms with E-state index < -0.39 is 0 Å². The number of nitriles is 1. The standard InChI is InChI=1S/C16H18N4/c1-16(10-18)6-7-20(11-16)15-12(8-17)9-19-14-5-3-2-4-13(14)15/h2-5,9H,6-7,10-11,18H2,1H3. The molecule has 1 aromatic heterocycles. The van der Waals surface area contributed by atoms with Crippen molar-refractivity contribution >= 4 is 16.6 Å². The summed E-state index contributed by atoms with van der Waals surface area (Å²) in [5.74, 6) is 0. The van der Waals surface area contributed by atoms with Crippen LogP contribution < -0.4 is 10.6 Å². The molecule has 1 saturated heterocycles. The highest BCUT2D eigenvalue weighted by molar-refractivity contribution is 5.94. The van der Waals surface area contributed by atoms with Gasteiger partial charge in [0, 0.05) is 24.7 Å². The van der Waals surface area contributed by atoms with Crippen molar-refractivity contribution in [3.63, 3.8) is 0 Å². The minimum atomic E-state index is 0.136. The summed E-state index contributed by atoms with van der Waals surface area (Å²) in [6, 6.07) is 10.3. The topological polar surface area (TPSA) is 65.9 Å². The predicted octanol–water partition coefficient (Wildman–Crippen LogP) is 2.28. The average molecular weight is 266 g/mol. The Morgan fingerprint density at radius 1 is 1.45 bits per heavy atom. The molecule has 1 aromatic carbocycles. The largest absolute Gasteiger partial charge is 0.369 e. The van der Waals surface area contributed by atoms with Crippen LogP contribution in [0.25, 0.3) is 10.9 Å². The molecule has 2 aromatic rings. The molecule has 4 heteroatoms. The lowest BCUT2D eigenvalue weighted by Crippen LogP contribution is -2.31. The molecule has 102 valence electrons. The molecule has 0 bridgehead atoms. The van der Waals surface area contributed by atoms with E-state index in [1.807, 2.05) is 24.3 Å². The number of pyridine rings is 1. The zero-order valence-electron chi connectivity index (χ0n) is 11.6. The first-order valence-electron chi connectivity index (χ1n) is 6.90. The number of para-hydroxylation sites is 1. The SMILES string of the molecule is CC1(CN)CCN(c2c(C#N)cnc3ccccc23)C1. The highest BCUT2D eigenvalue weighted by Gasteiger charge is 2.34. The average Bonchev–Trinajstić information content (AvgIpc) is 2.89. The number of hydrogen-bond acceptors (Lipinski definition) is 4. The molecule has 1 aliphatic rings. The third kappa shape index (κ3) is 2.00. The van der Waals surface area contributed by atoms with E-state index in [0.29, 0.717) is 12.1 Å². The lowest BCUT2D eigenvalue weighted by atomic mass is 9.90. The van der Waals surface area contributed by atoms with E-state index in [4.69, 9.17) is 5.73 Å². The maximum Gasteiger partial charge on any atom is 0.103 e. The second-order valence-electron chi connectivity index (χ2n) is 5.84. The first-order chi connectivity index (χ1) is 9.67. The Labute approximate surface area is 118 Å². The number of fused-ring (bicyclic) bond motifs is 1. The Bertz CT molecular complexity index is 688. The Balaban J connectivity index is 2.13. The van der Waals surface area contributed by atoms with Crippen molar-refractivity contribution < 1.29 is 0 Å². The van der Waals surface area contributed by atoms with Gasteiger partial charge in [-0.05, 0) is 24.4 Å². The first-order valence-corrected chi connectivity index (χ1v) is 6.90. The van der Waals surface area contributed by atoms with Crippen molar-refractivity contribution in [3.8, 4) is 6.07 Å². The van der Waals surface area contributed by atoms with Crippen molar-refractivity contribution in [2.24, 2.45) is 11.1 Å². The maximum atomic E-state index is 9.38. The zero-order valence-corrected chi connectivity index (χ0v) is 11.6. The number of nitrogens with zero attached hydrogens (tertiary/aromatic N) is 3. The first kappa shape index (κ1) is 12.9. The van der Waals surface area contributed by atoms with E-state index in [1.54, 1.807) is 6.20 Å². The normalized spacial score (nSPS) is 22.1. The van der Waals surface area contributed by atoms with Crippen LogP contribution in [0.15, 0.2) is 30.5 Å². The van der Waals surface area contributed by atoms with Crippen LogP contribution in [0.3, 0.4) is 0 Å². The number of aromatic nitrogens is 1. The predicted molar refractivity (Wildman–Crippen MR) is 80.4 cm³/mol. The van der Waals surface area contributed by atoms with Gasteiger partial charge in [-0.25, -0.2) is 0 Å². The summed E-state index contributed by atoms with van der Waals surface area (Å²) in [6.07, 6.45) is 2.74. The molecular weight excluding hydrogens is 248 g/mol. The molecule has 0 aliphatic carbocycles. The molecule has 0 spiro atoms. The summed E-state index contributed by atoms with van der Waals surface area (Å²) >= 11 is 0. The quantitative estimate of drug-likeness (QED) is 0.905. The van der Waals surface area contributed by atoms with Gasteiger partial charge in [-0.3, -0.25) is 4.98 Å². The van der Waals surface area contributed by atoms with Crippen molar-refractivity contribution in [1.29, 1.82) is 5.26 Å². The van der Waals surface area contributed by atoms with Gasteiger partial charge in [0.1, 0.15) is 6.07 Å². The van der Waals surface area contributed by atoms with Gasteiger partial charge in [0.05, 0.1) is 16.8 Å². The molecule has 4 nitrogen and oxygen atoms in total. The van der Waals surface area contributed by atoms with E-state index in [2.05, 4.69) is 22.9 Å². The molecule has 1 atom stereocenters. The van der Waals surface area contributed by atoms with E-state index in [0.717, 1.165) is 36.1 Å². The number of benzene rings is 1. The minimum absolute atomic E-state index is 0.136. The molecule has 1 aliphatic heterocycles. The van der Waals surface area contributed by atoms with Gasteiger partial charge in [0.2, 0.25) is 0 Å². The molecule has 2 N–H and O–H groups in total. The Morgan fingerprint density at radius 2 is 2.25 bits per heavy atom. The summed E-state index contributed by atoms with van der Waals surface area (Å²) in [7, 11) is 0. The summed E-state index contributed by atoms with van der Waals surface area (Å²) < 4.78 is 0. The summed E-state index contributed by atoms with van der Waals surface area (Å²) in [4.78, 5) is 6.65. The van der Waals surface area contributed by atoms with Gasteiger partial charge in [-0.15, -0.1) is 0 Å². The van der Waals surface area contributed by atoms with Gasteiger partial charge in [0.25, 0.3) is 0 Å². The number of nitrogens with two attached hydrogens (primary N) is 1.